The summed E-state index contributed by atoms with van der Waals surface area (Å²) in [6.45, 7) is 2.85. The molecule has 0 spiro atoms. The van der Waals surface area contributed by atoms with Crippen LogP contribution >= 0.6 is 0 Å². The molecular weight excluding hydrogens is 246 g/mol. The third kappa shape index (κ3) is 2.86. The van der Waals surface area contributed by atoms with Crippen LogP contribution in [0.5, 0.6) is 5.75 Å². The molecule has 0 aromatic heterocycles. The van der Waals surface area contributed by atoms with E-state index in [1.807, 2.05) is 12.1 Å². The Morgan fingerprint density at radius 1 is 1.20 bits per heavy atom. The Kier molecular flexibility index (Phi) is 3.75. The van der Waals surface area contributed by atoms with E-state index >= 15 is 0 Å². The lowest BCUT2D eigenvalue weighted by molar-refractivity contribution is 0.199. The lowest BCUT2D eigenvalue weighted by Gasteiger charge is -2.29. The molecule has 2 N–H and O–H groups in total. The van der Waals surface area contributed by atoms with Crippen molar-refractivity contribution >= 4 is 0 Å². The average molecular weight is 267 g/mol. The third-order valence-electron chi connectivity index (χ3n) is 4.07. The first-order valence-corrected chi connectivity index (χ1v) is 7.24. The molecule has 104 valence electrons. The molecule has 0 bridgehead atoms. The van der Waals surface area contributed by atoms with Gasteiger partial charge in [0.2, 0.25) is 0 Å². The van der Waals surface area contributed by atoms with Gasteiger partial charge in [0, 0.05) is 12.0 Å². The smallest absolute Gasteiger partial charge is 0.122 e. The molecule has 0 saturated heterocycles. The normalized spacial score (nSPS) is 19.0. The van der Waals surface area contributed by atoms with Crippen molar-refractivity contribution in [2.45, 2.75) is 25.8 Å². The summed E-state index contributed by atoms with van der Waals surface area (Å²) in [5.74, 6) is 1.41. The Bertz CT molecular complexity index is 593. The minimum atomic E-state index is 0.144. The van der Waals surface area contributed by atoms with E-state index in [2.05, 4.69) is 43.3 Å². The summed E-state index contributed by atoms with van der Waals surface area (Å²) in [7, 11) is 0. The maximum Gasteiger partial charge on any atom is 0.122 e. The van der Waals surface area contributed by atoms with E-state index < -0.39 is 0 Å². The molecule has 0 saturated carbocycles. The molecule has 2 unspecified atom stereocenters. The largest absolute Gasteiger partial charge is 0.493 e. The highest BCUT2D eigenvalue weighted by molar-refractivity contribution is 5.35. The second kappa shape index (κ2) is 5.68. The molecular formula is C18H21NO. The summed E-state index contributed by atoms with van der Waals surface area (Å²) in [6.07, 6.45) is 1.93. The number of hydrogen-bond donors (Lipinski definition) is 1. The van der Waals surface area contributed by atoms with Gasteiger partial charge in [0.05, 0.1) is 6.61 Å². The predicted octanol–water partition coefficient (Wildman–Crippen LogP) is 3.12. The summed E-state index contributed by atoms with van der Waals surface area (Å²) in [6, 6.07) is 17.0. The van der Waals surface area contributed by atoms with Crippen molar-refractivity contribution in [1.82, 2.24) is 0 Å². The standard InChI is InChI=1S/C18H21NO/c1-13-5-4-6-14(9-13)10-17(19)16-11-15-7-2-3-8-18(15)20-12-16/h2-9,16-17H,10-12,19H2,1H3. The van der Waals surface area contributed by atoms with Gasteiger partial charge in [-0.2, -0.15) is 0 Å². The van der Waals surface area contributed by atoms with E-state index in [1.165, 1.54) is 16.7 Å². The van der Waals surface area contributed by atoms with Gasteiger partial charge in [-0.3, -0.25) is 0 Å². The zero-order valence-corrected chi connectivity index (χ0v) is 11.9. The number of rotatable bonds is 3. The average Bonchev–Trinajstić information content (AvgIpc) is 2.47. The first kappa shape index (κ1) is 13.2. The second-order valence-corrected chi connectivity index (χ2v) is 5.74. The number of fused-ring (bicyclic) bond motifs is 1. The molecule has 1 heterocycles. The van der Waals surface area contributed by atoms with Gasteiger partial charge in [-0.1, -0.05) is 48.0 Å². The minimum Gasteiger partial charge on any atom is -0.493 e. The van der Waals surface area contributed by atoms with Gasteiger partial charge in [0.1, 0.15) is 5.75 Å². The van der Waals surface area contributed by atoms with Crippen LogP contribution in [-0.2, 0) is 12.8 Å². The fourth-order valence-corrected chi connectivity index (χ4v) is 2.90. The summed E-state index contributed by atoms with van der Waals surface area (Å²) in [5, 5.41) is 0. The topological polar surface area (TPSA) is 35.2 Å². The van der Waals surface area contributed by atoms with E-state index in [4.69, 9.17) is 10.5 Å². The first-order chi connectivity index (χ1) is 9.72. The van der Waals surface area contributed by atoms with Gasteiger partial charge in [0.15, 0.2) is 0 Å². The Morgan fingerprint density at radius 3 is 2.90 bits per heavy atom. The van der Waals surface area contributed by atoms with Crippen molar-refractivity contribution in [3.63, 3.8) is 0 Å². The van der Waals surface area contributed by atoms with Crippen LogP contribution in [-0.4, -0.2) is 12.6 Å². The van der Waals surface area contributed by atoms with Gasteiger partial charge in [-0.25, -0.2) is 0 Å². The Morgan fingerprint density at radius 2 is 2.05 bits per heavy atom. The highest BCUT2D eigenvalue weighted by Crippen LogP contribution is 2.28. The molecule has 1 aliphatic rings. The highest BCUT2D eigenvalue weighted by atomic mass is 16.5. The second-order valence-electron chi connectivity index (χ2n) is 5.74. The molecule has 2 heteroatoms. The van der Waals surface area contributed by atoms with Crippen molar-refractivity contribution < 1.29 is 4.74 Å². The number of hydrogen-bond acceptors (Lipinski definition) is 2. The number of para-hydroxylation sites is 1. The van der Waals surface area contributed by atoms with E-state index in [0.29, 0.717) is 5.92 Å². The maximum atomic E-state index is 6.41. The molecule has 0 radical (unpaired) electrons. The molecule has 3 rings (SSSR count). The molecule has 0 amide bonds. The summed E-state index contributed by atoms with van der Waals surface area (Å²) in [4.78, 5) is 0. The van der Waals surface area contributed by atoms with Crippen LogP contribution in [0.15, 0.2) is 48.5 Å². The van der Waals surface area contributed by atoms with Crippen molar-refractivity contribution in [2.24, 2.45) is 11.7 Å². The number of ether oxygens (including phenoxy) is 1. The van der Waals surface area contributed by atoms with Gasteiger partial charge in [-0.05, 0) is 37.0 Å². The molecule has 0 fully saturated rings. The minimum absolute atomic E-state index is 0.144. The van der Waals surface area contributed by atoms with Gasteiger partial charge in [-0.15, -0.1) is 0 Å². The first-order valence-electron chi connectivity index (χ1n) is 7.24. The Labute approximate surface area is 120 Å². The maximum absolute atomic E-state index is 6.41. The number of aryl methyl sites for hydroxylation is 1. The van der Waals surface area contributed by atoms with Crippen LogP contribution in [0.25, 0.3) is 0 Å². The molecule has 20 heavy (non-hydrogen) atoms. The molecule has 2 aromatic carbocycles. The zero-order valence-electron chi connectivity index (χ0n) is 11.9. The number of benzene rings is 2. The van der Waals surface area contributed by atoms with E-state index in [0.717, 1.165) is 25.2 Å². The van der Waals surface area contributed by atoms with Crippen LogP contribution < -0.4 is 10.5 Å². The third-order valence-corrected chi connectivity index (χ3v) is 4.07. The lowest BCUT2D eigenvalue weighted by Crippen LogP contribution is -2.39. The molecule has 2 aromatic rings. The van der Waals surface area contributed by atoms with Crippen LogP contribution in [0.4, 0.5) is 0 Å². The molecule has 2 atom stereocenters. The summed E-state index contributed by atoms with van der Waals surface area (Å²) < 4.78 is 5.84. The highest BCUT2D eigenvalue weighted by Gasteiger charge is 2.25. The predicted molar refractivity (Wildman–Crippen MR) is 82.0 cm³/mol. The van der Waals surface area contributed by atoms with Crippen molar-refractivity contribution in [2.75, 3.05) is 6.61 Å². The fraction of sp³-hybridized carbons (Fsp3) is 0.333. The van der Waals surface area contributed by atoms with Gasteiger partial charge < -0.3 is 10.5 Å². The lowest BCUT2D eigenvalue weighted by atomic mass is 9.87. The van der Waals surface area contributed by atoms with E-state index in [9.17, 15) is 0 Å². The van der Waals surface area contributed by atoms with E-state index in [-0.39, 0.29) is 6.04 Å². The summed E-state index contributed by atoms with van der Waals surface area (Å²) >= 11 is 0. The monoisotopic (exact) mass is 267 g/mol. The van der Waals surface area contributed by atoms with Gasteiger partial charge in [0.25, 0.3) is 0 Å². The van der Waals surface area contributed by atoms with Crippen LogP contribution in [0.2, 0.25) is 0 Å². The fourth-order valence-electron chi connectivity index (χ4n) is 2.90. The molecule has 0 aliphatic carbocycles. The van der Waals surface area contributed by atoms with Crippen molar-refractivity contribution in [3.8, 4) is 5.75 Å². The van der Waals surface area contributed by atoms with Crippen LogP contribution in [0, 0.1) is 12.8 Å². The quantitative estimate of drug-likeness (QED) is 0.927. The Balaban J connectivity index is 1.68. The van der Waals surface area contributed by atoms with Gasteiger partial charge >= 0.3 is 0 Å². The number of nitrogens with two attached hydrogens (primary N) is 1. The Hall–Kier alpha value is -1.80. The van der Waals surface area contributed by atoms with Crippen LogP contribution in [0.1, 0.15) is 16.7 Å². The summed E-state index contributed by atoms with van der Waals surface area (Å²) in [5.41, 5.74) is 10.3. The molecule has 2 nitrogen and oxygen atoms in total. The molecule has 1 aliphatic heterocycles. The van der Waals surface area contributed by atoms with E-state index in [1.54, 1.807) is 0 Å². The zero-order chi connectivity index (χ0) is 13.9. The van der Waals surface area contributed by atoms with Crippen molar-refractivity contribution in [3.05, 3.63) is 65.2 Å². The van der Waals surface area contributed by atoms with Crippen molar-refractivity contribution in [1.29, 1.82) is 0 Å². The van der Waals surface area contributed by atoms with Crippen LogP contribution in [0.3, 0.4) is 0 Å². The SMILES string of the molecule is Cc1cccc(CC(N)C2COc3ccccc3C2)c1.